The second-order valence-corrected chi connectivity index (χ2v) is 4.94. The Kier molecular flexibility index (Phi) is 11.2. The van der Waals surface area contributed by atoms with E-state index in [4.69, 9.17) is 4.74 Å². The molecule has 23 heavy (non-hydrogen) atoms. The fourth-order valence-corrected chi connectivity index (χ4v) is 1.89. The molecule has 0 saturated carbocycles. The van der Waals surface area contributed by atoms with E-state index in [9.17, 15) is 4.79 Å². The standard InChI is InChI=1S/C16H26N4O2.HI/c1-5-8-18-15(21)11-20-16(17-3)19-10-13-7-6-12(2)9-14(13)22-4;/h6-7,9H,5,8,10-11H2,1-4H3,(H,18,21)(H2,17,19,20);1H. The second kappa shape index (κ2) is 12.0. The van der Waals surface area contributed by atoms with Gasteiger partial charge in [-0.3, -0.25) is 9.79 Å². The van der Waals surface area contributed by atoms with Crippen LogP contribution in [0.3, 0.4) is 0 Å². The van der Waals surface area contributed by atoms with Gasteiger partial charge in [0.1, 0.15) is 5.75 Å². The van der Waals surface area contributed by atoms with E-state index in [1.807, 2.05) is 32.0 Å². The number of hydrogen-bond donors (Lipinski definition) is 3. The lowest BCUT2D eigenvalue weighted by Gasteiger charge is -2.14. The van der Waals surface area contributed by atoms with E-state index < -0.39 is 0 Å². The number of guanidine groups is 1. The van der Waals surface area contributed by atoms with Crippen molar-refractivity contribution in [3.05, 3.63) is 29.3 Å². The van der Waals surface area contributed by atoms with Crippen molar-refractivity contribution in [1.29, 1.82) is 0 Å². The van der Waals surface area contributed by atoms with E-state index in [0.717, 1.165) is 23.3 Å². The van der Waals surface area contributed by atoms with Crippen molar-refractivity contribution < 1.29 is 9.53 Å². The highest BCUT2D eigenvalue weighted by Crippen LogP contribution is 2.19. The van der Waals surface area contributed by atoms with Gasteiger partial charge in [0.25, 0.3) is 0 Å². The highest BCUT2D eigenvalue weighted by molar-refractivity contribution is 14.0. The van der Waals surface area contributed by atoms with E-state index in [1.165, 1.54) is 0 Å². The molecule has 0 aliphatic rings. The molecule has 0 heterocycles. The van der Waals surface area contributed by atoms with Crippen LogP contribution in [0.5, 0.6) is 5.75 Å². The average Bonchev–Trinajstić information content (AvgIpc) is 2.53. The highest BCUT2D eigenvalue weighted by Gasteiger charge is 2.06. The Morgan fingerprint density at radius 2 is 2.00 bits per heavy atom. The summed E-state index contributed by atoms with van der Waals surface area (Å²) in [4.78, 5) is 15.7. The molecule has 0 fully saturated rings. The van der Waals surface area contributed by atoms with E-state index in [2.05, 4.69) is 20.9 Å². The van der Waals surface area contributed by atoms with Crippen LogP contribution < -0.4 is 20.7 Å². The molecule has 0 spiro atoms. The summed E-state index contributed by atoms with van der Waals surface area (Å²) in [6, 6.07) is 6.04. The Morgan fingerprint density at radius 1 is 1.26 bits per heavy atom. The third-order valence-corrected chi connectivity index (χ3v) is 3.10. The maximum Gasteiger partial charge on any atom is 0.239 e. The minimum atomic E-state index is -0.0438. The number of ether oxygens (including phenoxy) is 1. The Hall–Kier alpha value is -1.51. The smallest absolute Gasteiger partial charge is 0.239 e. The van der Waals surface area contributed by atoms with Crippen molar-refractivity contribution in [3.8, 4) is 5.75 Å². The molecule has 6 nitrogen and oxygen atoms in total. The van der Waals surface area contributed by atoms with Crippen LogP contribution in [0.25, 0.3) is 0 Å². The van der Waals surface area contributed by atoms with Gasteiger partial charge in [-0.1, -0.05) is 19.1 Å². The number of carbonyl (C=O) groups excluding carboxylic acids is 1. The molecule has 0 aliphatic carbocycles. The molecule has 130 valence electrons. The van der Waals surface area contributed by atoms with Gasteiger partial charge in [0.15, 0.2) is 5.96 Å². The predicted molar refractivity (Wildman–Crippen MR) is 105 cm³/mol. The van der Waals surface area contributed by atoms with Crippen LogP contribution in [0.15, 0.2) is 23.2 Å². The zero-order valence-electron chi connectivity index (χ0n) is 14.2. The molecule has 0 saturated heterocycles. The molecular weight excluding hydrogens is 407 g/mol. The number of amides is 1. The number of hydrogen-bond acceptors (Lipinski definition) is 3. The van der Waals surface area contributed by atoms with Gasteiger partial charge >= 0.3 is 0 Å². The van der Waals surface area contributed by atoms with Gasteiger partial charge in [-0.25, -0.2) is 0 Å². The van der Waals surface area contributed by atoms with Crippen LogP contribution in [0.2, 0.25) is 0 Å². The number of carbonyl (C=O) groups is 1. The van der Waals surface area contributed by atoms with Gasteiger partial charge < -0.3 is 20.7 Å². The predicted octanol–water partition coefficient (Wildman–Crippen LogP) is 1.81. The average molecular weight is 434 g/mol. The first kappa shape index (κ1) is 21.5. The lowest BCUT2D eigenvalue weighted by Crippen LogP contribution is -2.43. The lowest BCUT2D eigenvalue weighted by atomic mass is 10.1. The summed E-state index contributed by atoms with van der Waals surface area (Å²) in [6.45, 7) is 5.50. The molecule has 0 radical (unpaired) electrons. The summed E-state index contributed by atoms with van der Waals surface area (Å²) in [7, 11) is 3.33. The number of benzene rings is 1. The number of methoxy groups -OCH3 is 1. The summed E-state index contributed by atoms with van der Waals surface area (Å²) in [5.74, 6) is 1.37. The minimum absolute atomic E-state index is 0. The normalized spacial score (nSPS) is 10.5. The van der Waals surface area contributed by atoms with Crippen molar-refractivity contribution in [3.63, 3.8) is 0 Å². The molecule has 3 N–H and O–H groups in total. The molecule has 0 unspecified atom stereocenters. The molecule has 0 atom stereocenters. The molecule has 1 amide bonds. The summed E-state index contributed by atoms with van der Waals surface area (Å²) in [5.41, 5.74) is 2.18. The van der Waals surface area contributed by atoms with E-state index in [0.29, 0.717) is 19.0 Å². The third kappa shape index (κ3) is 8.06. The topological polar surface area (TPSA) is 74.8 Å². The molecule has 7 heteroatoms. The first-order valence-electron chi connectivity index (χ1n) is 7.45. The Labute approximate surface area is 155 Å². The van der Waals surface area contributed by atoms with Crippen LogP contribution in [0.4, 0.5) is 0 Å². The maximum atomic E-state index is 11.6. The molecule has 0 bridgehead atoms. The van der Waals surface area contributed by atoms with Crippen LogP contribution in [-0.2, 0) is 11.3 Å². The van der Waals surface area contributed by atoms with Crippen LogP contribution in [-0.4, -0.2) is 39.1 Å². The first-order valence-corrected chi connectivity index (χ1v) is 7.45. The molecular formula is C16H27IN4O2. The molecule has 1 aromatic carbocycles. The van der Waals surface area contributed by atoms with Crippen molar-refractivity contribution in [2.75, 3.05) is 27.2 Å². The Bertz CT molecular complexity index is 521. The lowest BCUT2D eigenvalue weighted by molar-refractivity contribution is -0.120. The van der Waals surface area contributed by atoms with Gasteiger partial charge in [0.05, 0.1) is 13.7 Å². The van der Waals surface area contributed by atoms with Crippen LogP contribution in [0, 0.1) is 6.92 Å². The minimum Gasteiger partial charge on any atom is -0.496 e. The van der Waals surface area contributed by atoms with Gasteiger partial charge in [0, 0.05) is 25.7 Å². The number of nitrogens with one attached hydrogen (secondary N) is 3. The van der Waals surface area contributed by atoms with Gasteiger partial charge in [-0.15, -0.1) is 24.0 Å². The van der Waals surface area contributed by atoms with E-state index in [-0.39, 0.29) is 36.4 Å². The largest absolute Gasteiger partial charge is 0.496 e. The van der Waals surface area contributed by atoms with E-state index >= 15 is 0 Å². The van der Waals surface area contributed by atoms with Crippen molar-refractivity contribution in [1.82, 2.24) is 16.0 Å². The Balaban J connectivity index is 0.00000484. The molecule has 0 aliphatic heterocycles. The molecule has 1 rings (SSSR count). The fraction of sp³-hybridized carbons (Fsp3) is 0.500. The third-order valence-electron chi connectivity index (χ3n) is 3.10. The zero-order chi connectivity index (χ0) is 16.4. The first-order chi connectivity index (χ1) is 10.6. The summed E-state index contributed by atoms with van der Waals surface area (Å²) in [6.07, 6.45) is 0.923. The van der Waals surface area contributed by atoms with Gasteiger partial charge in [-0.2, -0.15) is 0 Å². The molecule has 1 aromatic rings. The Morgan fingerprint density at radius 3 is 2.61 bits per heavy atom. The molecule has 0 aromatic heterocycles. The van der Waals surface area contributed by atoms with Gasteiger partial charge in [0.2, 0.25) is 5.91 Å². The highest BCUT2D eigenvalue weighted by atomic mass is 127. The monoisotopic (exact) mass is 434 g/mol. The second-order valence-electron chi connectivity index (χ2n) is 4.94. The fourth-order valence-electron chi connectivity index (χ4n) is 1.89. The number of halogens is 1. The summed E-state index contributed by atoms with van der Waals surface area (Å²) in [5, 5.41) is 8.96. The number of rotatable bonds is 7. The summed E-state index contributed by atoms with van der Waals surface area (Å²) < 4.78 is 5.37. The van der Waals surface area contributed by atoms with Crippen molar-refractivity contribution in [2.45, 2.75) is 26.8 Å². The SMILES string of the molecule is CCCNC(=O)CNC(=NC)NCc1ccc(C)cc1OC.I. The van der Waals surface area contributed by atoms with Gasteiger partial charge in [-0.05, 0) is 25.0 Å². The quantitative estimate of drug-likeness (QED) is 0.348. The number of nitrogens with zero attached hydrogens (tertiary/aromatic N) is 1. The van der Waals surface area contributed by atoms with E-state index in [1.54, 1.807) is 14.2 Å². The van der Waals surface area contributed by atoms with Crippen LogP contribution in [0.1, 0.15) is 24.5 Å². The number of aryl methyl sites for hydroxylation is 1. The zero-order valence-corrected chi connectivity index (χ0v) is 16.6. The van der Waals surface area contributed by atoms with Crippen molar-refractivity contribution in [2.24, 2.45) is 4.99 Å². The van der Waals surface area contributed by atoms with Crippen molar-refractivity contribution >= 4 is 35.8 Å². The van der Waals surface area contributed by atoms with Crippen LogP contribution >= 0.6 is 24.0 Å². The summed E-state index contributed by atoms with van der Waals surface area (Å²) >= 11 is 0. The maximum absolute atomic E-state index is 11.6. The number of aliphatic imine (C=N–C) groups is 1.